The van der Waals surface area contributed by atoms with Gasteiger partial charge in [-0.1, -0.05) is 113 Å². The first-order valence-corrected chi connectivity index (χ1v) is 22.4. The number of benzene rings is 5. The highest BCUT2D eigenvalue weighted by Crippen LogP contribution is 2.52. The average Bonchev–Trinajstić information content (AvgIpc) is 3.86. The topological polar surface area (TPSA) is 38.4 Å². The molecule has 5 aromatic carbocycles. The molecule has 0 bridgehead atoms. The van der Waals surface area contributed by atoms with Gasteiger partial charge in [-0.15, -0.1) is 0 Å². The molecular weight excluding hydrogens is 753 g/mol. The Morgan fingerprint density at radius 2 is 1.00 bits per heavy atom. The molecule has 0 aliphatic carbocycles. The van der Waals surface area contributed by atoms with Crippen LogP contribution in [0.5, 0.6) is 0 Å². The molecule has 0 atom stereocenters. The zero-order chi connectivity index (χ0) is 43.2. The maximum atomic E-state index is 5.26. The van der Waals surface area contributed by atoms with E-state index in [2.05, 4.69) is 200 Å². The smallest absolute Gasteiger partial charge is 0.252 e. The highest BCUT2D eigenvalue weighted by atomic mass is 15.2. The molecule has 2 aliphatic rings. The number of hydrogen-bond acceptors (Lipinski definition) is 3. The molecule has 2 aliphatic heterocycles. The van der Waals surface area contributed by atoms with Crippen molar-refractivity contribution in [2.45, 2.75) is 105 Å². The van der Waals surface area contributed by atoms with E-state index >= 15 is 0 Å². The van der Waals surface area contributed by atoms with Gasteiger partial charge in [0, 0.05) is 45.0 Å². The Labute approximate surface area is 364 Å². The molecule has 7 heterocycles. The largest absolute Gasteiger partial charge is 0.309 e. The molecular formula is C56H54BN5. The summed E-state index contributed by atoms with van der Waals surface area (Å²) >= 11 is 0. The molecule has 62 heavy (non-hydrogen) atoms. The van der Waals surface area contributed by atoms with Crippen molar-refractivity contribution in [3.63, 3.8) is 0 Å². The van der Waals surface area contributed by atoms with E-state index < -0.39 is 0 Å². The number of hydrogen-bond donors (Lipinski definition) is 0. The summed E-state index contributed by atoms with van der Waals surface area (Å²) in [6.45, 7) is 27.8. The molecule has 5 nitrogen and oxygen atoms in total. The van der Waals surface area contributed by atoms with Gasteiger partial charge in [-0.3, -0.25) is 9.97 Å². The lowest BCUT2D eigenvalue weighted by molar-refractivity contribution is 0.590. The molecule has 0 spiro atoms. The summed E-state index contributed by atoms with van der Waals surface area (Å²) in [5.41, 5.74) is 21.2. The van der Waals surface area contributed by atoms with E-state index in [0.29, 0.717) is 0 Å². The van der Waals surface area contributed by atoms with Crippen LogP contribution in [0, 0.1) is 0 Å². The van der Waals surface area contributed by atoms with E-state index in [9.17, 15) is 0 Å². The van der Waals surface area contributed by atoms with Gasteiger partial charge in [-0.2, -0.15) is 0 Å². The number of rotatable bonds is 1. The van der Waals surface area contributed by atoms with Crippen molar-refractivity contribution in [2.75, 3.05) is 4.90 Å². The number of pyridine rings is 2. The molecule has 0 fully saturated rings. The van der Waals surface area contributed by atoms with Gasteiger partial charge in [0.1, 0.15) is 0 Å². The normalized spacial score (nSPS) is 14.4. The van der Waals surface area contributed by atoms with Crippen molar-refractivity contribution >= 4 is 100 Å². The Morgan fingerprint density at radius 3 is 1.58 bits per heavy atom. The highest BCUT2D eigenvalue weighted by molar-refractivity contribution is 7.01. The highest BCUT2D eigenvalue weighted by Gasteiger charge is 2.46. The second-order valence-corrected chi connectivity index (χ2v) is 22.4. The lowest BCUT2D eigenvalue weighted by Crippen LogP contribution is -2.60. The SMILES string of the molecule is CC(C)(C)c1ccc(N2c3cnccc3B3c4c2c2c5cc(C(C)(C)C)ccc5n5c6ccc(C(C)(C)C)cc6c(c4-n4c6ccc(C(C)(C)C)cc6c6nccc3c64)c25)cc1. The van der Waals surface area contributed by atoms with Crippen molar-refractivity contribution < 1.29 is 0 Å². The molecule has 10 aromatic rings. The van der Waals surface area contributed by atoms with Crippen molar-refractivity contribution in [1.29, 1.82) is 0 Å². The number of nitrogens with zero attached hydrogens (tertiary/aromatic N) is 5. The third-order valence-corrected chi connectivity index (χ3v) is 14.4. The Bertz CT molecular complexity index is 3560. The van der Waals surface area contributed by atoms with Crippen molar-refractivity contribution in [1.82, 2.24) is 18.9 Å². The van der Waals surface area contributed by atoms with Crippen LogP contribution in [0.2, 0.25) is 0 Å². The first-order valence-electron chi connectivity index (χ1n) is 22.4. The lowest BCUT2D eigenvalue weighted by Gasteiger charge is -2.41. The van der Waals surface area contributed by atoms with E-state index in [4.69, 9.17) is 9.97 Å². The molecule has 12 rings (SSSR count). The van der Waals surface area contributed by atoms with E-state index in [-0.39, 0.29) is 28.4 Å². The summed E-state index contributed by atoms with van der Waals surface area (Å²) < 4.78 is 5.22. The summed E-state index contributed by atoms with van der Waals surface area (Å²) in [7, 11) is 0. The minimum Gasteiger partial charge on any atom is -0.309 e. The zero-order valence-corrected chi connectivity index (χ0v) is 38.2. The summed E-state index contributed by atoms with van der Waals surface area (Å²) in [5, 5.41) is 6.40. The van der Waals surface area contributed by atoms with Gasteiger partial charge in [0.15, 0.2) is 0 Å². The van der Waals surface area contributed by atoms with Gasteiger partial charge in [0.25, 0.3) is 6.71 Å². The minimum atomic E-state index is -0.0489. The quantitative estimate of drug-likeness (QED) is 0.155. The fourth-order valence-corrected chi connectivity index (χ4v) is 11.0. The minimum absolute atomic E-state index is 0.0126. The van der Waals surface area contributed by atoms with Crippen LogP contribution < -0.4 is 21.3 Å². The molecule has 0 saturated carbocycles. The zero-order valence-electron chi connectivity index (χ0n) is 38.2. The second kappa shape index (κ2) is 11.9. The number of fused-ring (bicyclic) bond motifs is 15. The summed E-state index contributed by atoms with van der Waals surface area (Å²) in [5.74, 6) is 0. The molecule has 306 valence electrons. The van der Waals surface area contributed by atoms with Crippen LogP contribution in [-0.4, -0.2) is 25.6 Å². The Kier molecular flexibility index (Phi) is 7.19. The molecule has 6 heteroatoms. The van der Waals surface area contributed by atoms with Gasteiger partial charge in [-0.25, -0.2) is 0 Å². The molecule has 0 amide bonds. The number of aromatic nitrogens is 4. The lowest BCUT2D eigenvalue weighted by atomic mass is 9.34. The van der Waals surface area contributed by atoms with E-state index in [1.165, 1.54) is 105 Å². The third kappa shape index (κ3) is 4.87. The number of anilines is 3. The van der Waals surface area contributed by atoms with Gasteiger partial charge >= 0.3 is 0 Å². The average molecular weight is 808 g/mol. The standard InChI is InChI=1S/C56H54BN5/c1-53(2,3)31-13-18-35(19-14-31)60-44-30-58-25-23-39(44)57-40-24-26-59-48-38-29-34(56(10,11)12)17-22-43(38)62(49(40)48)52-46-37-28-33(55(7,8)9)16-21-42(37)61-41-20-15-32(54(4,5)6)27-36(41)45(50(46)61)51(60)47(52)57/h13-30H,1-12H3. The van der Waals surface area contributed by atoms with Gasteiger partial charge in [0.05, 0.1) is 56.4 Å². The third-order valence-electron chi connectivity index (χ3n) is 14.4. The fraction of sp³-hybridized carbons (Fsp3) is 0.286. The van der Waals surface area contributed by atoms with Crippen molar-refractivity contribution in [3.8, 4) is 5.69 Å². The first kappa shape index (κ1) is 37.6. The second-order valence-electron chi connectivity index (χ2n) is 22.4. The maximum Gasteiger partial charge on any atom is 0.252 e. The first-order chi connectivity index (χ1) is 29.3. The van der Waals surface area contributed by atoms with Crippen LogP contribution in [0.15, 0.2) is 110 Å². The van der Waals surface area contributed by atoms with Crippen molar-refractivity contribution in [3.05, 3.63) is 132 Å². The van der Waals surface area contributed by atoms with Crippen LogP contribution in [0.4, 0.5) is 17.1 Å². The summed E-state index contributed by atoms with van der Waals surface area (Å²) in [6.07, 6.45) is 6.15. The molecule has 0 saturated heterocycles. The van der Waals surface area contributed by atoms with Crippen LogP contribution in [0.1, 0.15) is 105 Å². The van der Waals surface area contributed by atoms with Crippen LogP contribution in [-0.2, 0) is 21.7 Å². The predicted molar refractivity (Wildman–Crippen MR) is 265 cm³/mol. The molecule has 5 aromatic heterocycles. The Morgan fingerprint density at radius 1 is 0.484 bits per heavy atom. The van der Waals surface area contributed by atoms with Gasteiger partial charge < -0.3 is 13.9 Å². The Hall–Kier alpha value is -6.14. The summed E-state index contributed by atoms with van der Waals surface area (Å²) in [4.78, 5) is 12.7. The van der Waals surface area contributed by atoms with Crippen molar-refractivity contribution in [2.24, 2.45) is 0 Å². The molecule has 0 radical (unpaired) electrons. The molecule has 0 unspecified atom stereocenters. The van der Waals surface area contributed by atoms with E-state index in [1.54, 1.807) is 0 Å². The predicted octanol–water partition coefficient (Wildman–Crippen LogP) is 12.5. The summed E-state index contributed by atoms with van der Waals surface area (Å²) in [6, 6.07) is 35.6. The fourth-order valence-electron chi connectivity index (χ4n) is 11.0. The molecule has 0 N–H and O–H groups in total. The van der Waals surface area contributed by atoms with E-state index in [0.717, 1.165) is 16.9 Å². The monoisotopic (exact) mass is 807 g/mol. The van der Waals surface area contributed by atoms with Gasteiger partial charge in [0.2, 0.25) is 0 Å². The van der Waals surface area contributed by atoms with E-state index in [1.807, 2.05) is 6.20 Å². The van der Waals surface area contributed by atoms with Gasteiger partial charge in [-0.05, 0) is 121 Å². The Balaban J connectivity index is 1.37. The maximum absolute atomic E-state index is 5.26. The van der Waals surface area contributed by atoms with Crippen LogP contribution >= 0.6 is 0 Å². The van der Waals surface area contributed by atoms with Crippen LogP contribution in [0.3, 0.4) is 0 Å². The van der Waals surface area contributed by atoms with Crippen LogP contribution in [0.25, 0.3) is 65.7 Å².